The van der Waals surface area contributed by atoms with E-state index in [-0.39, 0.29) is 11.2 Å². The van der Waals surface area contributed by atoms with Crippen LogP contribution in [0.2, 0.25) is 0 Å². The number of aryl methyl sites for hydroxylation is 2. The Labute approximate surface area is 151 Å². The minimum absolute atomic E-state index is 0.179. The van der Waals surface area contributed by atoms with Crippen molar-refractivity contribution in [2.24, 2.45) is 5.41 Å². The Morgan fingerprint density at radius 2 is 2.00 bits per heavy atom. The second kappa shape index (κ2) is 6.55. The van der Waals surface area contributed by atoms with Gasteiger partial charge in [-0.1, -0.05) is 32.5 Å². The number of hydrogen-bond acceptors (Lipinski definition) is 6. The van der Waals surface area contributed by atoms with Crippen molar-refractivity contribution in [3.63, 3.8) is 0 Å². The van der Waals surface area contributed by atoms with Gasteiger partial charge in [0.1, 0.15) is 5.78 Å². The van der Waals surface area contributed by atoms with Gasteiger partial charge in [0, 0.05) is 29.4 Å². The molecule has 0 aromatic carbocycles. The van der Waals surface area contributed by atoms with Crippen molar-refractivity contribution < 1.29 is 4.79 Å². The van der Waals surface area contributed by atoms with E-state index in [1.165, 1.54) is 11.8 Å². The average Bonchev–Trinajstić information content (AvgIpc) is 2.94. The van der Waals surface area contributed by atoms with Crippen LogP contribution in [0, 0.1) is 19.3 Å². The van der Waals surface area contributed by atoms with Crippen LogP contribution in [0.15, 0.2) is 29.7 Å². The molecule has 3 rings (SSSR count). The number of thioether (sulfide) groups is 1. The van der Waals surface area contributed by atoms with Gasteiger partial charge in [0.2, 0.25) is 0 Å². The fourth-order valence-corrected chi connectivity index (χ4v) is 3.31. The number of ketones is 1. The fraction of sp³-hybridized carbons (Fsp3) is 0.389. The van der Waals surface area contributed by atoms with Crippen LogP contribution in [0.3, 0.4) is 0 Å². The monoisotopic (exact) mass is 355 g/mol. The van der Waals surface area contributed by atoms with E-state index in [1.54, 1.807) is 6.20 Å². The van der Waals surface area contributed by atoms with Crippen molar-refractivity contribution in [2.45, 2.75) is 39.8 Å². The first kappa shape index (κ1) is 17.5. The van der Waals surface area contributed by atoms with Gasteiger partial charge in [-0.05, 0) is 19.9 Å². The first-order valence-corrected chi connectivity index (χ1v) is 9.06. The molecule has 130 valence electrons. The number of carbonyl (C=O) groups is 1. The summed E-state index contributed by atoms with van der Waals surface area (Å²) in [6, 6.07) is 3.79. The van der Waals surface area contributed by atoms with Crippen molar-refractivity contribution in [3.05, 3.63) is 35.9 Å². The van der Waals surface area contributed by atoms with Gasteiger partial charge in [0.15, 0.2) is 10.8 Å². The van der Waals surface area contributed by atoms with E-state index in [2.05, 4.69) is 20.1 Å². The van der Waals surface area contributed by atoms with E-state index in [0.717, 1.165) is 28.3 Å². The molecule has 0 atom stereocenters. The number of rotatable bonds is 4. The second-order valence-electron chi connectivity index (χ2n) is 7.00. The van der Waals surface area contributed by atoms with E-state index < -0.39 is 0 Å². The number of nitrogens with zero attached hydrogens (tertiary/aromatic N) is 5. The Hall–Kier alpha value is -2.28. The topological polar surface area (TPSA) is 73.0 Å². The lowest BCUT2D eigenvalue weighted by Crippen LogP contribution is -2.22. The Bertz CT molecular complexity index is 942. The standard InChI is InChI=1S/C18H21N5OS/c1-11-8-16-20-9-13(12(2)23(16)22-11)14-6-7-19-17(21-14)25-10-15(24)18(3,4)5/h6-9H,10H2,1-5H3. The summed E-state index contributed by atoms with van der Waals surface area (Å²) in [4.78, 5) is 25.4. The largest absolute Gasteiger partial charge is 0.298 e. The Morgan fingerprint density at radius 1 is 1.24 bits per heavy atom. The Balaban J connectivity index is 1.89. The van der Waals surface area contributed by atoms with Gasteiger partial charge < -0.3 is 0 Å². The molecule has 7 heteroatoms. The number of Topliss-reactive ketones (excluding diaryl/α,β-unsaturated/α-hetero) is 1. The van der Waals surface area contributed by atoms with Crippen LogP contribution in [-0.4, -0.2) is 36.1 Å². The molecular formula is C18H21N5OS. The lowest BCUT2D eigenvalue weighted by atomic mass is 9.92. The first-order chi connectivity index (χ1) is 11.8. The maximum Gasteiger partial charge on any atom is 0.188 e. The summed E-state index contributed by atoms with van der Waals surface area (Å²) in [5, 5.41) is 5.06. The molecule has 0 aliphatic heterocycles. The maximum absolute atomic E-state index is 12.1. The Morgan fingerprint density at radius 3 is 2.72 bits per heavy atom. The molecule has 0 unspecified atom stereocenters. The molecule has 0 bridgehead atoms. The SMILES string of the molecule is Cc1cc2ncc(-c3ccnc(SCC(=O)C(C)(C)C)n3)c(C)n2n1. The second-order valence-corrected chi connectivity index (χ2v) is 7.94. The van der Waals surface area contributed by atoms with E-state index in [1.807, 2.05) is 57.5 Å². The molecule has 3 heterocycles. The summed E-state index contributed by atoms with van der Waals surface area (Å²) in [7, 11) is 0. The van der Waals surface area contributed by atoms with Gasteiger partial charge in [-0.15, -0.1) is 0 Å². The van der Waals surface area contributed by atoms with Crippen LogP contribution in [0.1, 0.15) is 32.2 Å². The summed E-state index contributed by atoms with van der Waals surface area (Å²) in [6.45, 7) is 9.70. The molecule has 25 heavy (non-hydrogen) atoms. The highest BCUT2D eigenvalue weighted by molar-refractivity contribution is 7.99. The minimum Gasteiger partial charge on any atom is -0.298 e. The van der Waals surface area contributed by atoms with Crippen LogP contribution >= 0.6 is 11.8 Å². The first-order valence-electron chi connectivity index (χ1n) is 8.07. The van der Waals surface area contributed by atoms with Crippen LogP contribution in [0.25, 0.3) is 16.9 Å². The van der Waals surface area contributed by atoms with Crippen molar-refractivity contribution in [1.82, 2.24) is 24.6 Å². The lowest BCUT2D eigenvalue weighted by Gasteiger charge is -2.15. The highest BCUT2D eigenvalue weighted by atomic mass is 32.2. The number of fused-ring (bicyclic) bond motifs is 1. The van der Waals surface area contributed by atoms with Crippen LogP contribution in [0.5, 0.6) is 0 Å². The molecule has 0 aliphatic rings. The number of aromatic nitrogens is 5. The predicted octanol–water partition coefficient (Wildman–Crippen LogP) is 3.51. The predicted molar refractivity (Wildman–Crippen MR) is 98.7 cm³/mol. The van der Waals surface area contributed by atoms with Gasteiger partial charge in [0.25, 0.3) is 0 Å². The quantitative estimate of drug-likeness (QED) is 0.527. The molecule has 0 amide bonds. The van der Waals surface area contributed by atoms with Crippen LogP contribution in [-0.2, 0) is 4.79 Å². The molecule has 3 aromatic rings. The zero-order chi connectivity index (χ0) is 18.2. The zero-order valence-electron chi connectivity index (χ0n) is 15.1. The van der Waals surface area contributed by atoms with Gasteiger partial charge in [-0.3, -0.25) is 4.79 Å². The minimum atomic E-state index is -0.353. The number of hydrogen-bond donors (Lipinski definition) is 0. The van der Waals surface area contributed by atoms with E-state index in [4.69, 9.17) is 0 Å². The number of carbonyl (C=O) groups excluding carboxylic acids is 1. The summed E-state index contributed by atoms with van der Waals surface area (Å²) in [5.74, 6) is 0.541. The highest BCUT2D eigenvalue weighted by Crippen LogP contribution is 2.25. The third-order valence-electron chi connectivity index (χ3n) is 3.92. The zero-order valence-corrected chi connectivity index (χ0v) is 15.9. The van der Waals surface area contributed by atoms with Gasteiger partial charge >= 0.3 is 0 Å². The molecule has 0 saturated heterocycles. The van der Waals surface area contributed by atoms with Gasteiger partial charge in [-0.25, -0.2) is 19.5 Å². The van der Waals surface area contributed by atoms with Crippen LogP contribution < -0.4 is 0 Å². The van der Waals surface area contributed by atoms with E-state index in [0.29, 0.717) is 10.9 Å². The van der Waals surface area contributed by atoms with E-state index >= 15 is 0 Å². The molecule has 3 aromatic heterocycles. The maximum atomic E-state index is 12.1. The average molecular weight is 355 g/mol. The Kier molecular flexibility index (Phi) is 4.60. The lowest BCUT2D eigenvalue weighted by molar-refractivity contribution is -0.123. The van der Waals surface area contributed by atoms with Gasteiger partial charge in [0.05, 0.1) is 22.8 Å². The molecule has 0 spiro atoms. The molecule has 0 N–H and O–H groups in total. The fourth-order valence-electron chi connectivity index (χ4n) is 2.32. The summed E-state index contributed by atoms with van der Waals surface area (Å²) in [6.07, 6.45) is 3.52. The summed E-state index contributed by atoms with van der Waals surface area (Å²) < 4.78 is 1.82. The van der Waals surface area contributed by atoms with Crippen molar-refractivity contribution in [3.8, 4) is 11.3 Å². The normalized spacial score (nSPS) is 11.9. The van der Waals surface area contributed by atoms with Crippen molar-refractivity contribution in [2.75, 3.05) is 5.75 Å². The van der Waals surface area contributed by atoms with Crippen molar-refractivity contribution in [1.29, 1.82) is 0 Å². The molecular weight excluding hydrogens is 334 g/mol. The third-order valence-corrected chi connectivity index (χ3v) is 4.79. The summed E-state index contributed by atoms with van der Waals surface area (Å²) >= 11 is 1.36. The molecule has 0 saturated carbocycles. The molecule has 6 nitrogen and oxygen atoms in total. The smallest absolute Gasteiger partial charge is 0.188 e. The molecule has 0 radical (unpaired) electrons. The molecule has 0 fully saturated rings. The van der Waals surface area contributed by atoms with Crippen LogP contribution in [0.4, 0.5) is 0 Å². The van der Waals surface area contributed by atoms with Gasteiger partial charge in [-0.2, -0.15) is 5.10 Å². The third kappa shape index (κ3) is 3.71. The highest BCUT2D eigenvalue weighted by Gasteiger charge is 2.21. The summed E-state index contributed by atoms with van der Waals surface area (Å²) in [5.41, 5.74) is 4.04. The van der Waals surface area contributed by atoms with Crippen molar-refractivity contribution >= 4 is 23.2 Å². The molecule has 0 aliphatic carbocycles. The van der Waals surface area contributed by atoms with E-state index in [9.17, 15) is 4.79 Å².